The minimum absolute atomic E-state index is 0.0612. The molecule has 2 nitrogen and oxygen atoms in total. The molecule has 0 spiro atoms. The van der Waals surface area contributed by atoms with Crippen molar-refractivity contribution < 1.29 is 18.3 Å². The van der Waals surface area contributed by atoms with Gasteiger partial charge in [-0.2, -0.15) is 0 Å². The predicted octanol–water partition coefficient (Wildman–Crippen LogP) is 5.78. The fourth-order valence-electron chi connectivity index (χ4n) is 3.40. The van der Waals surface area contributed by atoms with Crippen LogP contribution in [0.3, 0.4) is 0 Å². The van der Waals surface area contributed by atoms with Crippen LogP contribution in [0.5, 0.6) is 5.75 Å². The largest absolute Gasteiger partial charge is 0.486 e. The van der Waals surface area contributed by atoms with Crippen molar-refractivity contribution in [3.63, 3.8) is 0 Å². The lowest BCUT2D eigenvalue weighted by atomic mass is 9.82. The fourth-order valence-corrected chi connectivity index (χ4v) is 3.57. The molecule has 134 valence electrons. The molecule has 3 rings (SSSR count). The molecule has 0 aliphatic heterocycles. The minimum Gasteiger partial charge on any atom is -0.486 e. The molecule has 0 heterocycles. The summed E-state index contributed by atoms with van der Waals surface area (Å²) in [5, 5.41) is 0. The van der Waals surface area contributed by atoms with Crippen molar-refractivity contribution in [1.29, 1.82) is 0 Å². The zero-order chi connectivity index (χ0) is 17.6. The van der Waals surface area contributed by atoms with E-state index in [-0.39, 0.29) is 30.4 Å². The van der Waals surface area contributed by atoms with Crippen molar-refractivity contribution in [1.82, 2.24) is 0 Å². The van der Waals surface area contributed by atoms with E-state index in [2.05, 4.69) is 0 Å². The van der Waals surface area contributed by atoms with Gasteiger partial charge in [0.15, 0.2) is 11.6 Å². The van der Waals surface area contributed by atoms with E-state index in [1.165, 1.54) is 6.07 Å². The molecular formula is C20H21ClF2O2. The molecule has 0 aromatic heterocycles. The van der Waals surface area contributed by atoms with Crippen molar-refractivity contribution in [3.05, 3.63) is 65.2 Å². The summed E-state index contributed by atoms with van der Waals surface area (Å²) in [5.41, 5.74) is 1.55. The topological polar surface area (TPSA) is 18.5 Å². The normalized spacial score (nSPS) is 20.4. The number of halogens is 3. The highest BCUT2D eigenvalue weighted by atomic mass is 35.5. The minimum atomic E-state index is -0.648. The Morgan fingerprint density at radius 3 is 2.40 bits per heavy atom. The maximum atomic E-state index is 14.4. The molecule has 2 aromatic carbocycles. The van der Waals surface area contributed by atoms with E-state index in [1.807, 2.05) is 30.3 Å². The van der Waals surface area contributed by atoms with Gasteiger partial charge in [-0.3, -0.25) is 0 Å². The second kappa shape index (κ2) is 8.63. The predicted molar refractivity (Wildman–Crippen MR) is 93.9 cm³/mol. The second-order valence-corrected chi connectivity index (χ2v) is 6.55. The van der Waals surface area contributed by atoms with Crippen molar-refractivity contribution in [2.24, 2.45) is 0 Å². The summed E-state index contributed by atoms with van der Waals surface area (Å²) in [6.45, 7) is 0.251. The average Bonchev–Trinajstić information content (AvgIpc) is 2.62. The van der Waals surface area contributed by atoms with Gasteiger partial charge in [-0.15, -0.1) is 0 Å². The van der Waals surface area contributed by atoms with Gasteiger partial charge in [-0.25, -0.2) is 8.78 Å². The Morgan fingerprint density at radius 1 is 1.00 bits per heavy atom. The quantitative estimate of drug-likeness (QED) is 0.603. The monoisotopic (exact) mass is 366 g/mol. The van der Waals surface area contributed by atoms with E-state index in [0.29, 0.717) is 5.56 Å². The summed E-state index contributed by atoms with van der Waals surface area (Å²) < 4.78 is 39.3. The van der Waals surface area contributed by atoms with Crippen molar-refractivity contribution in [2.75, 3.05) is 6.07 Å². The van der Waals surface area contributed by atoms with Gasteiger partial charge >= 0.3 is 0 Å². The van der Waals surface area contributed by atoms with E-state index in [0.717, 1.165) is 37.3 Å². The molecule has 0 N–H and O–H groups in total. The van der Waals surface area contributed by atoms with Crippen LogP contribution < -0.4 is 4.74 Å². The second-order valence-electron chi connectivity index (χ2n) is 6.33. The smallest absolute Gasteiger partial charge is 0.168 e. The van der Waals surface area contributed by atoms with Gasteiger partial charge in [-0.05, 0) is 43.2 Å². The molecule has 2 aromatic rings. The van der Waals surface area contributed by atoms with E-state index >= 15 is 0 Å². The number of alkyl halides is 1. The third-order valence-corrected chi connectivity index (χ3v) is 4.80. The fraction of sp³-hybridized carbons (Fsp3) is 0.400. The standard InChI is InChI=1S/C20H21ClF2O2/c21-13-25-17-8-6-15(7-9-17)18-10-16(22)11-19(23)20(18)24-12-14-4-2-1-3-5-14/h1-5,10-11,15,17H,6-9,12-13H2/t15-,17+. The third kappa shape index (κ3) is 4.71. The van der Waals surface area contributed by atoms with Crippen molar-refractivity contribution in [2.45, 2.75) is 44.3 Å². The van der Waals surface area contributed by atoms with Gasteiger partial charge in [0.05, 0.1) is 6.10 Å². The number of hydrogen-bond acceptors (Lipinski definition) is 2. The van der Waals surface area contributed by atoms with E-state index in [1.54, 1.807) is 0 Å². The lowest BCUT2D eigenvalue weighted by Gasteiger charge is -2.29. The molecule has 5 heteroatoms. The zero-order valence-electron chi connectivity index (χ0n) is 13.9. The summed E-state index contributed by atoms with van der Waals surface area (Å²) in [6, 6.07) is 12.0. The highest BCUT2D eigenvalue weighted by Gasteiger charge is 2.27. The molecule has 0 radical (unpaired) electrons. The Balaban J connectivity index is 1.76. The van der Waals surface area contributed by atoms with Gasteiger partial charge in [0.2, 0.25) is 0 Å². The van der Waals surface area contributed by atoms with Crippen LogP contribution in [0.2, 0.25) is 0 Å². The van der Waals surface area contributed by atoms with Gasteiger partial charge in [0, 0.05) is 11.6 Å². The molecule has 0 amide bonds. The van der Waals surface area contributed by atoms with Crippen LogP contribution >= 0.6 is 11.6 Å². The molecule has 0 bridgehead atoms. The highest BCUT2D eigenvalue weighted by molar-refractivity contribution is 6.17. The molecule has 1 aliphatic carbocycles. The highest BCUT2D eigenvalue weighted by Crippen LogP contribution is 2.40. The molecule has 0 atom stereocenters. The Labute approximate surface area is 151 Å². The first-order chi connectivity index (χ1) is 12.2. The SMILES string of the molecule is Fc1cc(F)c(OCc2ccccc2)c([C@H]2CC[C@@H](OCCl)CC2)c1. The van der Waals surface area contributed by atoms with Crippen LogP contribution in [0.4, 0.5) is 8.78 Å². The van der Waals surface area contributed by atoms with Crippen LogP contribution in [0.1, 0.15) is 42.7 Å². The van der Waals surface area contributed by atoms with Crippen LogP contribution in [0.25, 0.3) is 0 Å². The first-order valence-electron chi connectivity index (χ1n) is 8.50. The first-order valence-corrected chi connectivity index (χ1v) is 9.04. The molecule has 1 fully saturated rings. The number of hydrogen-bond donors (Lipinski definition) is 0. The molecular weight excluding hydrogens is 346 g/mol. The van der Waals surface area contributed by atoms with E-state index in [9.17, 15) is 8.78 Å². The summed E-state index contributed by atoms with van der Waals surface area (Å²) in [5.74, 6) is -0.998. The van der Waals surface area contributed by atoms with Crippen molar-refractivity contribution in [3.8, 4) is 5.75 Å². The molecule has 0 saturated heterocycles. The van der Waals surface area contributed by atoms with Gasteiger partial charge < -0.3 is 9.47 Å². The lowest BCUT2D eigenvalue weighted by Crippen LogP contribution is -2.21. The Bertz CT molecular complexity index is 686. The summed E-state index contributed by atoms with van der Waals surface area (Å²) in [7, 11) is 0. The molecule has 25 heavy (non-hydrogen) atoms. The summed E-state index contributed by atoms with van der Waals surface area (Å²) in [6.07, 6.45) is 3.38. The Morgan fingerprint density at radius 2 is 1.72 bits per heavy atom. The van der Waals surface area contributed by atoms with Crippen molar-refractivity contribution >= 4 is 11.6 Å². The molecule has 1 saturated carbocycles. The van der Waals surface area contributed by atoms with Crippen LogP contribution in [-0.2, 0) is 11.3 Å². The maximum Gasteiger partial charge on any atom is 0.168 e. The zero-order valence-corrected chi connectivity index (χ0v) is 14.6. The Hall–Kier alpha value is -1.65. The third-order valence-electron chi connectivity index (χ3n) is 4.68. The van der Waals surface area contributed by atoms with Gasteiger partial charge in [0.25, 0.3) is 0 Å². The summed E-state index contributed by atoms with van der Waals surface area (Å²) in [4.78, 5) is 0. The van der Waals surface area contributed by atoms with Crippen LogP contribution in [-0.4, -0.2) is 12.2 Å². The van der Waals surface area contributed by atoms with Crippen LogP contribution in [0, 0.1) is 11.6 Å². The molecule has 1 aliphatic rings. The number of rotatable bonds is 6. The number of ether oxygens (including phenoxy) is 2. The average molecular weight is 367 g/mol. The molecule has 0 unspecified atom stereocenters. The first kappa shape index (κ1) is 18.2. The number of benzene rings is 2. The summed E-state index contributed by atoms with van der Waals surface area (Å²) >= 11 is 5.61. The Kier molecular flexibility index (Phi) is 6.27. The van der Waals surface area contributed by atoms with Gasteiger partial charge in [-0.1, -0.05) is 41.9 Å². The lowest BCUT2D eigenvalue weighted by molar-refractivity contribution is 0.0527. The van der Waals surface area contributed by atoms with E-state index in [4.69, 9.17) is 21.1 Å². The van der Waals surface area contributed by atoms with Gasteiger partial charge in [0.1, 0.15) is 18.5 Å². The van der Waals surface area contributed by atoms with E-state index < -0.39 is 11.6 Å². The van der Waals surface area contributed by atoms with Crippen LogP contribution in [0.15, 0.2) is 42.5 Å². The maximum absolute atomic E-state index is 14.4.